The van der Waals surface area contributed by atoms with Crippen molar-refractivity contribution in [1.29, 1.82) is 0 Å². The van der Waals surface area contributed by atoms with Gasteiger partial charge in [0, 0.05) is 11.4 Å². The summed E-state index contributed by atoms with van der Waals surface area (Å²) < 4.78 is 0. The number of hydrogen-bond acceptors (Lipinski definition) is 0. The molecule has 0 spiro atoms. The summed E-state index contributed by atoms with van der Waals surface area (Å²) in [5.74, 6) is 0. The Labute approximate surface area is 104 Å². The van der Waals surface area contributed by atoms with Crippen LogP contribution in [0.5, 0.6) is 0 Å². The normalized spacial score (nSPS) is 10.7. The summed E-state index contributed by atoms with van der Waals surface area (Å²) in [7, 11) is 0. The van der Waals surface area contributed by atoms with Crippen molar-refractivity contribution in [2.75, 3.05) is 0 Å². The molecule has 0 atom stereocenters. The number of aromatic nitrogens is 1. The van der Waals surface area contributed by atoms with Crippen LogP contribution in [0.4, 0.5) is 0 Å². The van der Waals surface area contributed by atoms with Crippen LogP contribution in [0.15, 0.2) is 36.4 Å². The fourth-order valence-corrected chi connectivity index (χ4v) is 2.10. The van der Waals surface area contributed by atoms with Crippen LogP contribution < -0.4 is 0 Å². The van der Waals surface area contributed by atoms with Crippen molar-refractivity contribution >= 4 is 0 Å². The van der Waals surface area contributed by atoms with Gasteiger partial charge in [-0.05, 0) is 43.0 Å². The van der Waals surface area contributed by atoms with Crippen LogP contribution in [0.2, 0.25) is 0 Å². The van der Waals surface area contributed by atoms with Crippen LogP contribution in [0.25, 0.3) is 11.3 Å². The van der Waals surface area contributed by atoms with Crippen LogP contribution in [0.3, 0.4) is 0 Å². The minimum Gasteiger partial charge on any atom is -0.359 e. The highest BCUT2D eigenvalue weighted by atomic mass is 14.7. The number of H-pyrrole nitrogens is 1. The van der Waals surface area contributed by atoms with Gasteiger partial charge in [-0.2, -0.15) is 0 Å². The number of hydrogen-bond donors (Lipinski definition) is 1. The van der Waals surface area contributed by atoms with Crippen molar-refractivity contribution in [3.8, 4) is 11.3 Å². The summed E-state index contributed by atoms with van der Waals surface area (Å²) in [5.41, 5.74) is 5.15. The molecule has 1 aromatic carbocycles. The molecular formula is C16H21N. The molecule has 0 aliphatic heterocycles. The molecular weight excluding hydrogens is 206 g/mol. The van der Waals surface area contributed by atoms with Crippen molar-refractivity contribution < 1.29 is 0 Å². The number of unbranched alkanes of at least 4 members (excludes halogenated alkanes) is 2. The van der Waals surface area contributed by atoms with Crippen molar-refractivity contribution in [3.05, 3.63) is 47.7 Å². The molecule has 0 saturated heterocycles. The Morgan fingerprint density at radius 3 is 2.29 bits per heavy atom. The average Bonchev–Trinajstić information content (AvgIpc) is 2.77. The molecule has 2 rings (SSSR count). The van der Waals surface area contributed by atoms with E-state index in [2.05, 4.69) is 55.2 Å². The summed E-state index contributed by atoms with van der Waals surface area (Å²) >= 11 is 0. The van der Waals surface area contributed by atoms with E-state index < -0.39 is 0 Å². The van der Waals surface area contributed by atoms with Crippen molar-refractivity contribution in [2.24, 2.45) is 0 Å². The van der Waals surface area contributed by atoms with Gasteiger partial charge in [-0.15, -0.1) is 0 Å². The van der Waals surface area contributed by atoms with Crippen molar-refractivity contribution in [1.82, 2.24) is 4.98 Å². The Bertz CT molecular complexity index is 451. The van der Waals surface area contributed by atoms with Gasteiger partial charge in [0.25, 0.3) is 0 Å². The molecule has 0 aliphatic carbocycles. The highest BCUT2D eigenvalue weighted by Crippen LogP contribution is 2.19. The molecule has 0 aliphatic rings. The molecule has 1 N–H and O–H groups in total. The molecule has 0 saturated carbocycles. The zero-order valence-electron chi connectivity index (χ0n) is 10.8. The third-order valence-corrected chi connectivity index (χ3v) is 3.17. The first-order chi connectivity index (χ1) is 8.29. The van der Waals surface area contributed by atoms with Gasteiger partial charge in [0.1, 0.15) is 0 Å². The van der Waals surface area contributed by atoms with E-state index in [1.807, 2.05) is 0 Å². The Balaban J connectivity index is 2.02. The van der Waals surface area contributed by atoms with E-state index in [4.69, 9.17) is 0 Å². The summed E-state index contributed by atoms with van der Waals surface area (Å²) in [6.07, 6.45) is 5.13. The molecule has 0 radical (unpaired) electrons. The summed E-state index contributed by atoms with van der Waals surface area (Å²) in [4.78, 5) is 3.36. The number of aromatic amines is 1. The fraction of sp³-hybridized carbons (Fsp3) is 0.375. The van der Waals surface area contributed by atoms with Gasteiger partial charge in [-0.1, -0.05) is 44.0 Å². The molecule has 17 heavy (non-hydrogen) atoms. The van der Waals surface area contributed by atoms with Gasteiger partial charge < -0.3 is 4.98 Å². The van der Waals surface area contributed by atoms with Crippen molar-refractivity contribution in [3.63, 3.8) is 0 Å². The highest BCUT2D eigenvalue weighted by Gasteiger charge is 1.99. The third kappa shape index (κ3) is 3.23. The molecule has 0 bridgehead atoms. The Hall–Kier alpha value is -1.50. The predicted octanol–water partition coefficient (Wildman–Crippen LogP) is 4.72. The van der Waals surface area contributed by atoms with Crippen LogP contribution in [0.1, 0.15) is 37.4 Å². The molecule has 1 heterocycles. The quantitative estimate of drug-likeness (QED) is 0.711. The summed E-state index contributed by atoms with van der Waals surface area (Å²) in [6.45, 7) is 4.33. The molecule has 0 amide bonds. The monoisotopic (exact) mass is 227 g/mol. The second-order valence-electron chi connectivity index (χ2n) is 4.71. The Morgan fingerprint density at radius 2 is 1.71 bits per heavy atom. The number of aryl methyl sites for hydroxylation is 2. The third-order valence-electron chi connectivity index (χ3n) is 3.17. The molecule has 90 valence electrons. The molecule has 0 unspecified atom stereocenters. The van der Waals surface area contributed by atoms with E-state index in [1.165, 1.54) is 48.2 Å². The Kier molecular flexibility index (Phi) is 4.03. The van der Waals surface area contributed by atoms with E-state index in [0.29, 0.717) is 0 Å². The molecule has 1 aromatic heterocycles. The lowest BCUT2D eigenvalue weighted by Gasteiger charge is -2.03. The lowest BCUT2D eigenvalue weighted by Crippen LogP contribution is -1.86. The average molecular weight is 227 g/mol. The maximum Gasteiger partial charge on any atom is 0.0455 e. The van der Waals surface area contributed by atoms with E-state index >= 15 is 0 Å². The zero-order chi connectivity index (χ0) is 12.1. The molecule has 2 aromatic rings. The zero-order valence-corrected chi connectivity index (χ0v) is 10.8. The van der Waals surface area contributed by atoms with Crippen LogP contribution in [-0.4, -0.2) is 4.98 Å². The Morgan fingerprint density at radius 1 is 0.941 bits per heavy atom. The molecule has 1 nitrogen and oxygen atoms in total. The van der Waals surface area contributed by atoms with Gasteiger partial charge in [0.15, 0.2) is 0 Å². The van der Waals surface area contributed by atoms with Gasteiger partial charge in [-0.3, -0.25) is 0 Å². The first-order valence-electron chi connectivity index (χ1n) is 6.54. The largest absolute Gasteiger partial charge is 0.359 e. The summed E-state index contributed by atoms with van der Waals surface area (Å²) in [6, 6.07) is 13.2. The number of rotatable bonds is 5. The number of benzene rings is 1. The maximum absolute atomic E-state index is 3.36. The lowest BCUT2D eigenvalue weighted by atomic mass is 10.0. The first kappa shape index (κ1) is 12.0. The second kappa shape index (κ2) is 5.72. The topological polar surface area (TPSA) is 15.8 Å². The van der Waals surface area contributed by atoms with E-state index in [9.17, 15) is 0 Å². The maximum atomic E-state index is 3.36. The smallest absolute Gasteiger partial charge is 0.0455 e. The van der Waals surface area contributed by atoms with Gasteiger partial charge in [0.05, 0.1) is 0 Å². The van der Waals surface area contributed by atoms with E-state index in [-0.39, 0.29) is 0 Å². The van der Waals surface area contributed by atoms with Gasteiger partial charge in [0.2, 0.25) is 0 Å². The van der Waals surface area contributed by atoms with E-state index in [1.54, 1.807) is 0 Å². The van der Waals surface area contributed by atoms with E-state index in [0.717, 1.165) is 0 Å². The number of nitrogens with one attached hydrogen (secondary N) is 1. The standard InChI is InChI=1S/C16H21N/c1-3-4-5-6-14-8-10-15(11-9-14)16-12-7-13(2)17-16/h7-12,17H,3-6H2,1-2H3. The minimum absolute atomic E-state index is 1.21. The lowest BCUT2D eigenvalue weighted by molar-refractivity contribution is 0.717. The second-order valence-corrected chi connectivity index (χ2v) is 4.71. The van der Waals surface area contributed by atoms with Gasteiger partial charge >= 0.3 is 0 Å². The van der Waals surface area contributed by atoms with Crippen LogP contribution in [-0.2, 0) is 6.42 Å². The predicted molar refractivity (Wildman–Crippen MR) is 74.2 cm³/mol. The van der Waals surface area contributed by atoms with Crippen LogP contribution in [0, 0.1) is 6.92 Å². The molecule has 0 fully saturated rings. The molecule has 1 heteroatoms. The summed E-state index contributed by atoms with van der Waals surface area (Å²) in [5, 5.41) is 0. The fourth-order valence-electron chi connectivity index (χ4n) is 2.10. The van der Waals surface area contributed by atoms with Gasteiger partial charge in [-0.25, -0.2) is 0 Å². The SMILES string of the molecule is CCCCCc1ccc(-c2ccc(C)[nH]2)cc1. The van der Waals surface area contributed by atoms with Crippen molar-refractivity contribution in [2.45, 2.75) is 39.5 Å². The van der Waals surface area contributed by atoms with Crippen LogP contribution >= 0.6 is 0 Å². The highest BCUT2D eigenvalue weighted by molar-refractivity contribution is 5.60. The minimum atomic E-state index is 1.21. The first-order valence-corrected chi connectivity index (χ1v) is 6.54.